The van der Waals surface area contributed by atoms with Gasteiger partial charge < -0.3 is 14.8 Å². The molecule has 0 bridgehead atoms. The van der Waals surface area contributed by atoms with E-state index in [1.165, 1.54) is 19.2 Å². The SMILES string of the molecule is COC(=O)C(C)Nc1cc(Cl)cc(-c2ccc(Oc3ccc(F)cc3)cc2)n1. The Labute approximate surface area is 167 Å². The quantitative estimate of drug-likeness (QED) is 0.568. The molecule has 1 atom stereocenters. The number of carbonyl (C=O) groups excluding carboxylic acids is 1. The fraction of sp³-hybridized carbons (Fsp3) is 0.143. The Bertz CT molecular complexity index is 962. The summed E-state index contributed by atoms with van der Waals surface area (Å²) in [6.07, 6.45) is 0. The van der Waals surface area contributed by atoms with E-state index in [1.807, 2.05) is 12.1 Å². The molecule has 0 spiro atoms. The summed E-state index contributed by atoms with van der Waals surface area (Å²) in [5, 5.41) is 3.45. The standard InChI is InChI=1S/C21H18ClFN2O3/c1-13(21(26)27-2)24-20-12-15(22)11-19(25-20)14-3-7-17(8-4-14)28-18-9-5-16(23)6-10-18/h3-13H,1-2H3,(H,24,25). The van der Waals surface area contributed by atoms with Gasteiger partial charge >= 0.3 is 5.97 Å². The molecule has 28 heavy (non-hydrogen) atoms. The molecular weight excluding hydrogens is 383 g/mol. The maximum atomic E-state index is 13.0. The normalized spacial score (nSPS) is 11.6. The number of carbonyl (C=O) groups is 1. The van der Waals surface area contributed by atoms with Crippen LogP contribution in [0.1, 0.15) is 6.92 Å². The van der Waals surface area contributed by atoms with E-state index in [-0.39, 0.29) is 5.82 Å². The molecule has 1 heterocycles. The Balaban J connectivity index is 1.77. The number of ether oxygens (including phenoxy) is 2. The van der Waals surface area contributed by atoms with Gasteiger partial charge in [0.2, 0.25) is 0 Å². The molecule has 5 nitrogen and oxygen atoms in total. The molecule has 0 amide bonds. The fourth-order valence-electron chi connectivity index (χ4n) is 2.51. The number of esters is 1. The van der Waals surface area contributed by atoms with Crippen molar-refractivity contribution in [3.63, 3.8) is 0 Å². The summed E-state index contributed by atoms with van der Waals surface area (Å²) in [6.45, 7) is 1.68. The number of methoxy groups -OCH3 is 1. The van der Waals surface area contributed by atoms with Gasteiger partial charge in [0, 0.05) is 10.6 Å². The van der Waals surface area contributed by atoms with Crippen molar-refractivity contribution in [1.82, 2.24) is 4.98 Å². The molecule has 0 radical (unpaired) electrons. The maximum absolute atomic E-state index is 13.0. The Morgan fingerprint density at radius 3 is 2.29 bits per heavy atom. The van der Waals surface area contributed by atoms with Gasteiger partial charge in [-0.2, -0.15) is 0 Å². The molecule has 7 heteroatoms. The van der Waals surface area contributed by atoms with Gasteiger partial charge in [0.15, 0.2) is 0 Å². The zero-order valence-electron chi connectivity index (χ0n) is 15.3. The molecule has 1 aromatic heterocycles. The molecule has 0 fully saturated rings. The van der Waals surface area contributed by atoms with Gasteiger partial charge in [-0.05, 0) is 67.6 Å². The third kappa shape index (κ3) is 4.98. The maximum Gasteiger partial charge on any atom is 0.328 e. The first-order valence-electron chi connectivity index (χ1n) is 8.50. The summed E-state index contributed by atoms with van der Waals surface area (Å²) in [6, 6.07) is 15.8. The van der Waals surface area contributed by atoms with Crippen LogP contribution < -0.4 is 10.1 Å². The minimum absolute atomic E-state index is 0.319. The molecule has 0 aliphatic carbocycles. The van der Waals surface area contributed by atoms with E-state index in [1.54, 1.807) is 43.3 Å². The number of hydrogen-bond donors (Lipinski definition) is 1. The van der Waals surface area contributed by atoms with E-state index in [4.69, 9.17) is 21.1 Å². The first-order valence-corrected chi connectivity index (χ1v) is 8.88. The van der Waals surface area contributed by atoms with Gasteiger partial charge in [-0.3, -0.25) is 0 Å². The van der Waals surface area contributed by atoms with Crippen LogP contribution in [-0.2, 0) is 9.53 Å². The average Bonchev–Trinajstić information content (AvgIpc) is 2.69. The molecule has 0 aliphatic heterocycles. The molecule has 144 valence electrons. The summed E-state index contributed by atoms with van der Waals surface area (Å²) in [7, 11) is 1.33. The van der Waals surface area contributed by atoms with Gasteiger partial charge in [0.25, 0.3) is 0 Å². The van der Waals surface area contributed by atoms with Crippen molar-refractivity contribution < 1.29 is 18.7 Å². The first kappa shape index (κ1) is 19.6. The van der Waals surface area contributed by atoms with Crippen molar-refractivity contribution in [2.75, 3.05) is 12.4 Å². The lowest BCUT2D eigenvalue weighted by Crippen LogP contribution is -2.27. The van der Waals surface area contributed by atoms with Crippen LogP contribution in [-0.4, -0.2) is 24.1 Å². The number of halogens is 2. The van der Waals surface area contributed by atoms with E-state index in [0.717, 1.165) is 5.56 Å². The molecule has 3 rings (SSSR count). The van der Waals surface area contributed by atoms with Crippen molar-refractivity contribution in [2.45, 2.75) is 13.0 Å². The molecular formula is C21H18ClFN2O3. The summed E-state index contributed by atoms with van der Waals surface area (Å²) < 4.78 is 23.4. The van der Waals surface area contributed by atoms with Gasteiger partial charge in [-0.25, -0.2) is 14.2 Å². The molecule has 2 aromatic carbocycles. The highest BCUT2D eigenvalue weighted by Gasteiger charge is 2.14. The highest BCUT2D eigenvalue weighted by molar-refractivity contribution is 6.31. The summed E-state index contributed by atoms with van der Waals surface area (Å²) in [5.74, 6) is 0.895. The van der Waals surface area contributed by atoms with Gasteiger partial charge in [0.1, 0.15) is 29.2 Å². The molecule has 3 aromatic rings. The van der Waals surface area contributed by atoms with Gasteiger partial charge in [-0.15, -0.1) is 0 Å². The first-order chi connectivity index (χ1) is 13.4. The number of aromatic nitrogens is 1. The number of nitrogens with zero attached hydrogens (tertiary/aromatic N) is 1. The monoisotopic (exact) mass is 400 g/mol. The Kier molecular flexibility index (Phi) is 6.11. The van der Waals surface area contributed by atoms with E-state index in [9.17, 15) is 9.18 Å². The van der Waals surface area contributed by atoms with Crippen molar-refractivity contribution in [3.8, 4) is 22.8 Å². The smallest absolute Gasteiger partial charge is 0.328 e. The van der Waals surface area contributed by atoms with Crippen LogP contribution in [0.5, 0.6) is 11.5 Å². The second-order valence-corrected chi connectivity index (χ2v) is 6.46. The van der Waals surface area contributed by atoms with Crippen LogP contribution in [0.3, 0.4) is 0 Å². The predicted molar refractivity (Wildman–Crippen MR) is 106 cm³/mol. The van der Waals surface area contributed by atoms with E-state index in [0.29, 0.717) is 28.0 Å². The highest BCUT2D eigenvalue weighted by atomic mass is 35.5. The van der Waals surface area contributed by atoms with Crippen molar-refractivity contribution in [2.24, 2.45) is 0 Å². The third-order valence-corrected chi connectivity index (χ3v) is 4.13. The molecule has 0 saturated heterocycles. The minimum Gasteiger partial charge on any atom is -0.467 e. The third-order valence-electron chi connectivity index (χ3n) is 3.91. The Morgan fingerprint density at radius 1 is 1.07 bits per heavy atom. The fourth-order valence-corrected chi connectivity index (χ4v) is 2.72. The van der Waals surface area contributed by atoms with Crippen molar-refractivity contribution in [3.05, 3.63) is 71.5 Å². The van der Waals surface area contributed by atoms with Crippen LogP contribution in [0.15, 0.2) is 60.7 Å². The van der Waals surface area contributed by atoms with E-state index >= 15 is 0 Å². The molecule has 1 unspecified atom stereocenters. The van der Waals surface area contributed by atoms with Crippen LogP contribution in [0.2, 0.25) is 5.02 Å². The number of pyridine rings is 1. The second-order valence-electron chi connectivity index (χ2n) is 6.03. The van der Waals surface area contributed by atoms with E-state index in [2.05, 4.69) is 10.3 Å². The zero-order valence-corrected chi connectivity index (χ0v) is 16.0. The summed E-state index contributed by atoms with van der Waals surface area (Å²) >= 11 is 6.20. The number of benzene rings is 2. The topological polar surface area (TPSA) is 60.5 Å². The lowest BCUT2D eigenvalue weighted by Gasteiger charge is -2.13. The summed E-state index contributed by atoms with van der Waals surface area (Å²) in [5.41, 5.74) is 1.46. The summed E-state index contributed by atoms with van der Waals surface area (Å²) in [4.78, 5) is 16.1. The lowest BCUT2D eigenvalue weighted by atomic mass is 10.1. The number of rotatable bonds is 6. The van der Waals surface area contributed by atoms with Crippen LogP contribution in [0, 0.1) is 5.82 Å². The van der Waals surface area contributed by atoms with Crippen LogP contribution >= 0.6 is 11.6 Å². The van der Waals surface area contributed by atoms with Crippen LogP contribution in [0.25, 0.3) is 11.3 Å². The van der Waals surface area contributed by atoms with E-state index < -0.39 is 12.0 Å². The largest absolute Gasteiger partial charge is 0.467 e. The van der Waals surface area contributed by atoms with Gasteiger partial charge in [-0.1, -0.05) is 11.6 Å². The number of anilines is 1. The van der Waals surface area contributed by atoms with Gasteiger partial charge in [0.05, 0.1) is 12.8 Å². The van der Waals surface area contributed by atoms with Crippen LogP contribution in [0.4, 0.5) is 10.2 Å². The minimum atomic E-state index is -0.560. The van der Waals surface area contributed by atoms with Crippen molar-refractivity contribution >= 4 is 23.4 Å². The van der Waals surface area contributed by atoms with Crippen molar-refractivity contribution in [1.29, 1.82) is 0 Å². The number of nitrogens with one attached hydrogen (secondary N) is 1. The predicted octanol–water partition coefficient (Wildman–Crippen LogP) is 5.31. The lowest BCUT2D eigenvalue weighted by molar-refractivity contribution is -0.141. The molecule has 0 aliphatic rings. The Hall–Kier alpha value is -3.12. The average molecular weight is 401 g/mol. The molecule has 0 saturated carbocycles. The second kappa shape index (κ2) is 8.71. The highest BCUT2D eigenvalue weighted by Crippen LogP contribution is 2.28. The Morgan fingerprint density at radius 2 is 1.68 bits per heavy atom. The molecule has 1 N–H and O–H groups in total. The number of hydrogen-bond acceptors (Lipinski definition) is 5. The zero-order chi connectivity index (χ0) is 20.1.